The van der Waals surface area contributed by atoms with Crippen LogP contribution < -0.4 is 10.4 Å². The molecule has 3 heterocycles. The van der Waals surface area contributed by atoms with E-state index in [9.17, 15) is 4.79 Å². The standard InChI is InChI=1S/C14H12O4/c1-8-6-10-12(7-9(2)17-14(10)15)18-13(8)11-4-3-5-16-11/h3-7,13H,1-2H3. The lowest BCUT2D eigenvalue weighted by molar-refractivity contribution is 0.204. The fourth-order valence-electron chi connectivity index (χ4n) is 2.07. The number of furan rings is 1. The molecule has 2 aromatic heterocycles. The summed E-state index contributed by atoms with van der Waals surface area (Å²) in [7, 11) is 0. The minimum Gasteiger partial charge on any atom is -0.477 e. The van der Waals surface area contributed by atoms with Crippen LogP contribution in [0.5, 0.6) is 5.75 Å². The number of hydrogen-bond acceptors (Lipinski definition) is 4. The number of fused-ring (bicyclic) bond motifs is 1. The highest BCUT2D eigenvalue weighted by atomic mass is 16.5. The molecule has 4 nitrogen and oxygen atoms in total. The molecule has 4 heteroatoms. The maximum atomic E-state index is 11.7. The van der Waals surface area contributed by atoms with E-state index in [0.29, 0.717) is 17.1 Å². The number of ether oxygens (including phenoxy) is 1. The van der Waals surface area contributed by atoms with Gasteiger partial charge in [0.2, 0.25) is 0 Å². The predicted octanol–water partition coefficient (Wildman–Crippen LogP) is 3.08. The molecule has 0 amide bonds. The Bertz CT molecular complexity index is 662. The molecule has 0 radical (unpaired) electrons. The molecule has 0 fully saturated rings. The van der Waals surface area contributed by atoms with Crippen molar-refractivity contribution < 1.29 is 13.6 Å². The summed E-state index contributed by atoms with van der Waals surface area (Å²) in [6, 6.07) is 5.38. The summed E-state index contributed by atoms with van der Waals surface area (Å²) in [6.07, 6.45) is 3.11. The van der Waals surface area contributed by atoms with E-state index < -0.39 is 0 Å². The lowest BCUT2D eigenvalue weighted by Gasteiger charge is -2.23. The molecule has 0 bridgehead atoms. The maximum absolute atomic E-state index is 11.7. The molecule has 18 heavy (non-hydrogen) atoms. The van der Waals surface area contributed by atoms with Gasteiger partial charge in [-0.2, -0.15) is 0 Å². The van der Waals surface area contributed by atoms with Crippen molar-refractivity contribution in [1.82, 2.24) is 0 Å². The zero-order valence-electron chi connectivity index (χ0n) is 10.1. The molecular weight excluding hydrogens is 232 g/mol. The summed E-state index contributed by atoms with van der Waals surface area (Å²) < 4.78 is 16.2. The van der Waals surface area contributed by atoms with Crippen molar-refractivity contribution in [1.29, 1.82) is 0 Å². The van der Waals surface area contributed by atoms with E-state index in [0.717, 1.165) is 11.3 Å². The van der Waals surface area contributed by atoms with E-state index >= 15 is 0 Å². The third-order valence-electron chi connectivity index (χ3n) is 2.91. The van der Waals surface area contributed by atoms with Crippen LogP contribution in [0.4, 0.5) is 0 Å². The summed E-state index contributed by atoms with van der Waals surface area (Å²) in [6.45, 7) is 3.62. The van der Waals surface area contributed by atoms with Crippen LogP contribution in [0, 0.1) is 6.92 Å². The van der Waals surface area contributed by atoms with Gasteiger partial charge < -0.3 is 13.6 Å². The van der Waals surface area contributed by atoms with Gasteiger partial charge in [-0.3, -0.25) is 0 Å². The van der Waals surface area contributed by atoms with E-state index in [-0.39, 0.29) is 11.7 Å². The van der Waals surface area contributed by atoms with Gasteiger partial charge >= 0.3 is 5.63 Å². The predicted molar refractivity (Wildman–Crippen MR) is 65.4 cm³/mol. The quantitative estimate of drug-likeness (QED) is 0.773. The topological polar surface area (TPSA) is 52.6 Å². The lowest BCUT2D eigenvalue weighted by atomic mass is 10.0. The van der Waals surface area contributed by atoms with Crippen LogP contribution in [0.1, 0.15) is 30.1 Å². The molecule has 0 N–H and O–H groups in total. The second-order valence-electron chi connectivity index (χ2n) is 4.32. The Morgan fingerprint density at radius 1 is 1.28 bits per heavy atom. The molecule has 1 unspecified atom stereocenters. The second-order valence-corrected chi connectivity index (χ2v) is 4.32. The molecular formula is C14H12O4. The van der Waals surface area contributed by atoms with Gasteiger partial charge in [0.25, 0.3) is 0 Å². The summed E-state index contributed by atoms with van der Waals surface area (Å²) >= 11 is 0. The molecule has 2 aromatic rings. The van der Waals surface area contributed by atoms with Crippen molar-refractivity contribution in [2.45, 2.75) is 20.0 Å². The zero-order valence-corrected chi connectivity index (χ0v) is 10.1. The van der Waals surface area contributed by atoms with Crippen molar-refractivity contribution in [2.75, 3.05) is 0 Å². The Kier molecular flexibility index (Phi) is 2.37. The van der Waals surface area contributed by atoms with Crippen molar-refractivity contribution in [3.8, 4) is 5.75 Å². The lowest BCUT2D eigenvalue weighted by Crippen LogP contribution is -2.17. The van der Waals surface area contributed by atoms with E-state index in [1.807, 2.05) is 19.1 Å². The first-order valence-electron chi connectivity index (χ1n) is 5.68. The van der Waals surface area contributed by atoms with Gasteiger partial charge in [0.15, 0.2) is 6.10 Å². The largest absolute Gasteiger partial charge is 0.477 e. The Balaban J connectivity index is 2.11. The van der Waals surface area contributed by atoms with Gasteiger partial charge in [-0.15, -0.1) is 0 Å². The highest BCUT2D eigenvalue weighted by Gasteiger charge is 2.26. The summed E-state index contributed by atoms with van der Waals surface area (Å²) in [5.74, 6) is 1.79. The smallest absolute Gasteiger partial charge is 0.346 e. The number of hydrogen-bond donors (Lipinski definition) is 0. The zero-order chi connectivity index (χ0) is 12.7. The van der Waals surface area contributed by atoms with Crippen LogP contribution in [-0.4, -0.2) is 0 Å². The number of aryl methyl sites for hydroxylation is 1. The summed E-state index contributed by atoms with van der Waals surface area (Å²) in [5.41, 5.74) is 0.997. The normalized spacial score (nSPS) is 17.9. The van der Waals surface area contributed by atoms with E-state index in [1.54, 1.807) is 25.3 Å². The Hall–Kier alpha value is -2.23. The molecule has 0 aliphatic carbocycles. The van der Waals surface area contributed by atoms with Crippen LogP contribution in [0.15, 0.2) is 43.7 Å². The van der Waals surface area contributed by atoms with Crippen molar-refractivity contribution in [3.63, 3.8) is 0 Å². The van der Waals surface area contributed by atoms with Crippen LogP contribution in [0.2, 0.25) is 0 Å². The van der Waals surface area contributed by atoms with Crippen LogP contribution in [-0.2, 0) is 0 Å². The van der Waals surface area contributed by atoms with Gasteiger partial charge in [0.05, 0.1) is 6.26 Å². The van der Waals surface area contributed by atoms with Gasteiger partial charge in [-0.1, -0.05) is 0 Å². The van der Waals surface area contributed by atoms with Crippen molar-refractivity contribution in [2.24, 2.45) is 0 Å². The van der Waals surface area contributed by atoms with Crippen LogP contribution in [0.3, 0.4) is 0 Å². The summed E-state index contributed by atoms with van der Waals surface area (Å²) in [5, 5.41) is 0. The minimum absolute atomic E-state index is 0.284. The molecule has 3 rings (SSSR count). The van der Waals surface area contributed by atoms with Crippen LogP contribution in [0.25, 0.3) is 6.08 Å². The first-order valence-corrected chi connectivity index (χ1v) is 5.68. The molecule has 1 atom stereocenters. The fraction of sp³-hybridized carbons (Fsp3) is 0.214. The Morgan fingerprint density at radius 2 is 2.11 bits per heavy atom. The fourth-order valence-corrected chi connectivity index (χ4v) is 2.07. The molecule has 1 aliphatic heterocycles. The van der Waals surface area contributed by atoms with Crippen LogP contribution >= 0.6 is 0 Å². The highest BCUT2D eigenvalue weighted by molar-refractivity contribution is 5.61. The van der Waals surface area contributed by atoms with Gasteiger partial charge in [0, 0.05) is 6.07 Å². The summed E-state index contributed by atoms with van der Waals surface area (Å²) in [4.78, 5) is 11.7. The third kappa shape index (κ3) is 1.66. The molecule has 1 aliphatic rings. The maximum Gasteiger partial charge on any atom is 0.346 e. The molecule has 0 aromatic carbocycles. The highest BCUT2D eigenvalue weighted by Crippen LogP contribution is 2.36. The number of rotatable bonds is 1. The molecule has 0 saturated carbocycles. The van der Waals surface area contributed by atoms with Gasteiger partial charge in [0.1, 0.15) is 22.8 Å². The molecule has 92 valence electrons. The monoisotopic (exact) mass is 244 g/mol. The van der Waals surface area contributed by atoms with E-state index in [2.05, 4.69) is 0 Å². The average molecular weight is 244 g/mol. The van der Waals surface area contributed by atoms with Crippen molar-refractivity contribution >= 4 is 6.08 Å². The molecule has 0 saturated heterocycles. The Labute approximate surface area is 103 Å². The third-order valence-corrected chi connectivity index (χ3v) is 2.91. The molecule has 0 spiro atoms. The van der Waals surface area contributed by atoms with Gasteiger partial charge in [-0.25, -0.2) is 4.79 Å². The van der Waals surface area contributed by atoms with Gasteiger partial charge in [-0.05, 0) is 37.6 Å². The first kappa shape index (κ1) is 10.9. The average Bonchev–Trinajstić information content (AvgIpc) is 2.83. The first-order chi connectivity index (χ1) is 8.65. The Morgan fingerprint density at radius 3 is 2.83 bits per heavy atom. The minimum atomic E-state index is -0.373. The van der Waals surface area contributed by atoms with E-state index in [1.165, 1.54) is 0 Å². The second kappa shape index (κ2) is 3.91. The van der Waals surface area contributed by atoms with Crippen molar-refractivity contribution in [3.05, 3.63) is 57.5 Å². The van der Waals surface area contributed by atoms with E-state index in [4.69, 9.17) is 13.6 Å². The SMILES string of the molecule is CC1=Cc2c(cc(C)oc2=O)OC1c1ccco1.